The van der Waals surface area contributed by atoms with Gasteiger partial charge in [0.25, 0.3) is 0 Å². The average Bonchev–Trinajstić information content (AvgIpc) is 3.27. The molecule has 192 valence electrons. The van der Waals surface area contributed by atoms with Crippen molar-refractivity contribution >= 4 is 22.3 Å². The molecular weight excluding hydrogens is 474 g/mol. The van der Waals surface area contributed by atoms with Crippen LogP contribution < -0.4 is 15.2 Å². The van der Waals surface area contributed by atoms with Crippen molar-refractivity contribution in [3.8, 4) is 17.4 Å². The zero-order valence-electron chi connectivity index (χ0n) is 21.5. The van der Waals surface area contributed by atoms with Gasteiger partial charge in [-0.2, -0.15) is 0 Å². The van der Waals surface area contributed by atoms with Crippen LogP contribution in [0.15, 0.2) is 102 Å². The first-order chi connectivity index (χ1) is 18.6. The fraction of sp³-hybridized carbons (Fsp3) is 0.156. The first kappa shape index (κ1) is 25.1. The van der Waals surface area contributed by atoms with Crippen molar-refractivity contribution in [2.75, 3.05) is 13.2 Å². The second kappa shape index (κ2) is 11.2. The second-order valence-corrected chi connectivity index (χ2v) is 8.87. The van der Waals surface area contributed by atoms with Crippen molar-refractivity contribution in [3.05, 3.63) is 119 Å². The summed E-state index contributed by atoms with van der Waals surface area (Å²) in [5.41, 5.74) is 12.1. The second-order valence-electron chi connectivity index (χ2n) is 8.87. The number of rotatable bonds is 9. The molecule has 0 aliphatic carbocycles. The largest absolute Gasteiger partial charge is 0.494 e. The van der Waals surface area contributed by atoms with E-state index >= 15 is 0 Å². The van der Waals surface area contributed by atoms with E-state index in [4.69, 9.17) is 20.2 Å². The Morgan fingerprint density at radius 2 is 1.39 bits per heavy atom. The van der Waals surface area contributed by atoms with Crippen LogP contribution in [0.25, 0.3) is 10.9 Å². The molecule has 0 radical (unpaired) electrons. The number of aromatic nitrogens is 1. The van der Waals surface area contributed by atoms with E-state index in [1.54, 1.807) is 0 Å². The van der Waals surface area contributed by atoms with Gasteiger partial charge >= 0.3 is 0 Å². The van der Waals surface area contributed by atoms with Crippen LogP contribution in [0.4, 0.5) is 5.69 Å². The van der Waals surface area contributed by atoms with Gasteiger partial charge in [0.15, 0.2) is 17.4 Å². The van der Waals surface area contributed by atoms with Crippen LogP contribution >= 0.6 is 0 Å². The number of nitrogens with two attached hydrogens (primary N) is 1. The number of aliphatic imine (C=N–C) groups is 1. The molecule has 1 aromatic heterocycles. The molecule has 1 atom stereocenters. The summed E-state index contributed by atoms with van der Waals surface area (Å²) in [6.07, 6.45) is 0. The minimum absolute atomic E-state index is 0.0291. The molecule has 4 aromatic carbocycles. The summed E-state index contributed by atoms with van der Waals surface area (Å²) in [7, 11) is 0. The zero-order valence-corrected chi connectivity index (χ0v) is 21.5. The molecule has 0 spiro atoms. The van der Waals surface area contributed by atoms with E-state index in [0.717, 1.165) is 33.3 Å². The zero-order chi connectivity index (χ0) is 26.5. The lowest BCUT2D eigenvalue weighted by Crippen LogP contribution is -2.11. The Morgan fingerprint density at radius 1 is 0.816 bits per heavy atom. The number of hydrogen-bond donors (Lipinski definition) is 3. The maximum absolute atomic E-state index is 11.1. The van der Waals surface area contributed by atoms with E-state index in [-0.39, 0.29) is 11.9 Å². The molecular formula is C32H31N3O3. The number of H-pyrrole nitrogens is 1. The number of nitrogens with one attached hydrogen (secondary N) is 1. The summed E-state index contributed by atoms with van der Waals surface area (Å²) in [5, 5.41) is 11.9. The smallest absolute Gasteiger partial charge is 0.199 e. The molecule has 0 bridgehead atoms. The van der Waals surface area contributed by atoms with Crippen molar-refractivity contribution in [2.45, 2.75) is 19.9 Å². The summed E-state index contributed by atoms with van der Waals surface area (Å²) in [4.78, 5) is 8.11. The summed E-state index contributed by atoms with van der Waals surface area (Å²) in [6.45, 7) is 4.86. The Morgan fingerprint density at radius 3 is 2.03 bits per heavy atom. The van der Waals surface area contributed by atoms with E-state index in [0.29, 0.717) is 36.0 Å². The molecule has 0 aliphatic rings. The van der Waals surface area contributed by atoms with Crippen molar-refractivity contribution in [1.82, 2.24) is 4.98 Å². The third-order valence-corrected chi connectivity index (χ3v) is 6.38. The van der Waals surface area contributed by atoms with Gasteiger partial charge in [-0.05, 0) is 43.2 Å². The molecule has 38 heavy (non-hydrogen) atoms. The number of hydrogen-bond acceptors (Lipinski definition) is 5. The molecule has 0 aliphatic heterocycles. The van der Waals surface area contributed by atoms with E-state index < -0.39 is 0 Å². The molecule has 1 unspecified atom stereocenters. The SMILES string of the molecule is CCOc1cc2[nH]c(O)c(C(=Nc3ccc(C(N)c4ccccc4)cc3)c3ccccc3)c2cc1OCC. The highest BCUT2D eigenvalue weighted by atomic mass is 16.5. The Hall–Kier alpha value is -4.55. The Labute approximate surface area is 222 Å². The average molecular weight is 506 g/mol. The van der Waals surface area contributed by atoms with Crippen molar-refractivity contribution < 1.29 is 14.6 Å². The highest BCUT2D eigenvalue weighted by Gasteiger charge is 2.21. The minimum Gasteiger partial charge on any atom is -0.494 e. The maximum Gasteiger partial charge on any atom is 0.199 e. The molecule has 6 nitrogen and oxygen atoms in total. The van der Waals surface area contributed by atoms with Crippen LogP contribution in [-0.4, -0.2) is 29.0 Å². The van der Waals surface area contributed by atoms with Crippen molar-refractivity contribution in [2.24, 2.45) is 10.7 Å². The van der Waals surface area contributed by atoms with E-state index in [1.807, 2.05) is 111 Å². The number of fused-ring (bicyclic) bond motifs is 1. The molecule has 4 N–H and O–H groups in total. The summed E-state index contributed by atoms with van der Waals surface area (Å²) in [5.74, 6) is 1.27. The standard InChI is InChI=1S/C32H31N3O3/c1-3-37-27-19-25-26(20-28(27)38-4-2)35-32(36)29(25)31(23-13-9-6-10-14-23)34-24-17-15-22(16-18-24)30(33)21-11-7-5-8-12-21/h5-20,30,35-36H,3-4,33H2,1-2H3. The number of aromatic amines is 1. The quantitative estimate of drug-likeness (QED) is 0.190. The van der Waals surface area contributed by atoms with Gasteiger partial charge in [-0.3, -0.25) is 0 Å². The highest BCUT2D eigenvalue weighted by Crippen LogP contribution is 2.38. The minimum atomic E-state index is -0.225. The predicted molar refractivity (Wildman–Crippen MR) is 153 cm³/mol. The van der Waals surface area contributed by atoms with Crippen LogP contribution in [0.3, 0.4) is 0 Å². The topological polar surface area (TPSA) is 92.9 Å². The molecule has 6 heteroatoms. The lowest BCUT2D eigenvalue weighted by atomic mass is 9.99. The number of ether oxygens (including phenoxy) is 2. The normalized spacial score (nSPS) is 12.4. The molecule has 5 rings (SSSR count). The van der Waals surface area contributed by atoms with Gasteiger partial charge in [-0.1, -0.05) is 72.8 Å². The summed E-state index contributed by atoms with van der Waals surface area (Å²) < 4.78 is 11.6. The monoisotopic (exact) mass is 505 g/mol. The fourth-order valence-corrected chi connectivity index (χ4v) is 4.56. The molecule has 1 heterocycles. The predicted octanol–water partition coefficient (Wildman–Crippen LogP) is 6.89. The third kappa shape index (κ3) is 5.12. The lowest BCUT2D eigenvalue weighted by Gasteiger charge is -2.13. The van der Waals surface area contributed by atoms with Gasteiger partial charge in [0.05, 0.1) is 41.7 Å². The summed E-state index contributed by atoms with van der Waals surface area (Å²) >= 11 is 0. The van der Waals surface area contributed by atoms with Gasteiger partial charge in [-0.25, -0.2) is 4.99 Å². The van der Waals surface area contributed by atoms with Crippen LogP contribution in [0, 0.1) is 0 Å². The summed E-state index contributed by atoms with van der Waals surface area (Å²) in [6, 6.07) is 31.3. The van der Waals surface area contributed by atoms with Crippen molar-refractivity contribution in [1.29, 1.82) is 0 Å². The van der Waals surface area contributed by atoms with Crippen LogP contribution in [0.5, 0.6) is 17.4 Å². The maximum atomic E-state index is 11.1. The number of nitrogens with zero attached hydrogens (tertiary/aromatic N) is 1. The Balaban J connectivity index is 1.61. The fourth-order valence-electron chi connectivity index (χ4n) is 4.56. The van der Waals surface area contributed by atoms with Crippen LogP contribution in [-0.2, 0) is 0 Å². The molecule has 0 saturated carbocycles. The first-order valence-corrected chi connectivity index (χ1v) is 12.8. The first-order valence-electron chi connectivity index (χ1n) is 12.8. The lowest BCUT2D eigenvalue weighted by molar-refractivity contribution is 0.288. The van der Waals surface area contributed by atoms with Crippen LogP contribution in [0.2, 0.25) is 0 Å². The number of aromatic hydroxyl groups is 1. The molecule has 5 aromatic rings. The number of benzene rings is 4. The van der Waals surface area contributed by atoms with Gasteiger partial charge < -0.3 is 25.3 Å². The molecule has 0 saturated heterocycles. The van der Waals surface area contributed by atoms with E-state index in [1.165, 1.54) is 0 Å². The Kier molecular flexibility index (Phi) is 7.43. The van der Waals surface area contributed by atoms with Gasteiger partial charge in [0, 0.05) is 17.0 Å². The van der Waals surface area contributed by atoms with E-state index in [9.17, 15) is 5.11 Å². The van der Waals surface area contributed by atoms with Crippen LogP contribution in [0.1, 0.15) is 42.1 Å². The molecule has 0 fully saturated rings. The molecule has 0 amide bonds. The van der Waals surface area contributed by atoms with Crippen molar-refractivity contribution in [3.63, 3.8) is 0 Å². The third-order valence-electron chi connectivity index (χ3n) is 6.38. The van der Waals surface area contributed by atoms with Gasteiger partial charge in [0.1, 0.15) is 0 Å². The van der Waals surface area contributed by atoms with Gasteiger partial charge in [-0.15, -0.1) is 0 Å². The van der Waals surface area contributed by atoms with E-state index in [2.05, 4.69) is 4.98 Å². The van der Waals surface area contributed by atoms with Gasteiger partial charge in [0.2, 0.25) is 0 Å². The highest BCUT2D eigenvalue weighted by molar-refractivity contribution is 6.22. The Bertz CT molecular complexity index is 1540.